The Labute approximate surface area is 118 Å². The van der Waals surface area contributed by atoms with Crippen LogP contribution in [0.3, 0.4) is 0 Å². The third-order valence-electron chi connectivity index (χ3n) is 2.42. The van der Waals surface area contributed by atoms with E-state index in [0.717, 1.165) is 12.4 Å². The maximum atomic E-state index is 12.7. The van der Waals surface area contributed by atoms with Crippen LogP contribution in [0.15, 0.2) is 12.4 Å². The van der Waals surface area contributed by atoms with Crippen LogP contribution in [0.2, 0.25) is 0 Å². The molecular formula is C13H21FN4O2. The summed E-state index contributed by atoms with van der Waals surface area (Å²) in [7, 11) is 3.43. The molecule has 1 aromatic heterocycles. The Morgan fingerprint density at radius 1 is 1.25 bits per heavy atom. The number of hydrogen-bond donors (Lipinski definition) is 0. The van der Waals surface area contributed by atoms with Crippen LogP contribution < -0.4 is 4.90 Å². The van der Waals surface area contributed by atoms with Gasteiger partial charge in [0.1, 0.15) is 5.60 Å². The van der Waals surface area contributed by atoms with E-state index in [4.69, 9.17) is 4.74 Å². The van der Waals surface area contributed by atoms with Crippen molar-refractivity contribution >= 4 is 12.0 Å². The summed E-state index contributed by atoms with van der Waals surface area (Å²) in [4.78, 5) is 22.7. The van der Waals surface area contributed by atoms with E-state index in [-0.39, 0.29) is 6.09 Å². The molecule has 0 N–H and O–H groups in total. The average Bonchev–Trinajstić information content (AvgIpc) is 2.34. The van der Waals surface area contributed by atoms with Gasteiger partial charge in [-0.15, -0.1) is 0 Å². The Morgan fingerprint density at radius 2 is 1.80 bits per heavy atom. The molecule has 0 saturated carbocycles. The summed E-state index contributed by atoms with van der Waals surface area (Å²) in [6.45, 7) is 6.42. The number of anilines is 1. The van der Waals surface area contributed by atoms with Crippen LogP contribution in [0.25, 0.3) is 0 Å². The zero-order valence-electron chi connectivity index (χ0n) is 12.6. The van der Waals surface area contributed by atoms with Crippen molar-refractivity contribution in [3.8, 4) is 0 Å². The molecule has 0 aromatic carbocycles. The van der Waals surface area contributed by atoms with Crippen molar-refractivity contribution in [2.24, 2.45) is 0 Å². The van der Waals surface area contributed by atoms with Gasteiger partial charge < -0.3 is 14.5 Å². The molecule has 1 rings (SSSR count). The van der Waals surface area contributed by atoms with Crippen LogP contribution >= 0.6 is 0 Å². The van der Waals surface area contributed by atoms with E-state index in [0.29, 0.717) is 19.0 Å². The second kappa shape index (κ2) is 6.49. The van der Waals surface area contributed by atoms with Crippen LogP contribution in [0, 0.1) is 5.82 Å². The fraction of sp³-hybridized carbons (Fsp3) is 0.615. The monoisotopic (exact) mass is 284 g/mol. The minimum Gasteiger partial charge on any atom is -0.444 e. The topological polar surface area (TPSA) is 58.6 Å². The van der Waals surface area contributed by atoms with E-state index in [1.807, 2.05) is 20.8 Å². The second-order valence-electron chi connectivity index (χ2n) is 5.52. The van der Waals surface area contributed by atoms with Gasteiger partial charge in [-0.3, -0.25) is 0 Å². The van der Waals surface area contributed by atoms with Gasteiger partial charge in [-0.2, -0.15) is 0 Å². The standard InChI is InChI=1S/C13H21FN4O2/c1-13(2,3)20-12(19)18(5)7-6-17(4)11-15-8-10(14)9-16-11/h8-9H,6-7H2,1-5H3. The molecule has 0 bridgehead atoms. The maximum absolute atomic E-state index is 12.7. The van der Waals surface area contributed by atoms with Crippen molar-refractivity contribution in [2.45, 2.75) is 26.4 Å². The summed E-state index contributed by atoms with van der Waals surface area (Å²) in [5.74, 6) is -0.0722. The predicted octanol–water partition coefficient (Wildman–Crippen LogP) is 1.92. The zero-order valence-corrected chi connectivity index (χ0v) is 12.6. The van der Waals surface area contributed by atoms with Gasteiger partial charge in [0.25, 0.3) is 0 Å². The third kappa shape index (κ3) is 5.38. The minimum absolute atomic E-state index is 0.383. The lowest BCUT2D eigenvalue weighted by Crippen LogP contribution is -2.38. The lowest BCUT2D eigenvalue weighted by molar-refractivity contribution is 0.0303. The summed E-state index contributed by atoms with van der Waals surface area (Å²) in [5.41, 5.74) is -0.517. The van der Waals surface area contributed by atoms with Crippen LogP contribution in [0.5, 0.6) is 0 Å². The van der Waals surface area contributed by atoms with Crippen molar-refractivity contribution in [3.63, 3.8) is 0 Å². The maximum Gasteiger partial charge on any atom is 0.410 e. The number of carbonyl (C=O) groups is 1. The van der Waals surface area contributed by atoms with E-state index in [2.05, 4.69) is 9.97 Å². The lowest BCUT2D eigenvalue weighted by Gasteiger charge is -2.26. The molecule has 0 aliphatic heterocycles. The highest BCUT2D eigenvalue weighted by atomic mass is 19.1. The van der Waals surface area contributed by atoms with Gasteiger partial charge in [0.15, 0.2) is 5.82 Å². The molecule has 0 radical (unpaired) electrons. The minimum atomic E-state index is -0.517. The van der Waals surface area contributed by atoms with Crippen molar-refractivity contribution in [1.29, 1.82) is 0 Å². The highest BCUT2D eigenvalue weighted by Gasteiger charge is 2.19. The van der Waals surface area contributed by atoms with Crippen LogP contribution in [0.4, 0.5) is 15.1 Å². The number of rotatable bonds is 4. The average molecular weight is 284 g/mol. The number of carbonyl (C=O) groups excluding carboxylic acids is 1. The molecule has 1 amide bonds. The SMILES string of the molecule is CN(CCN(C)c1ncc(F)cn1)C(=O)OC(C)(C)C. The third-order valence-corrected chi connectivity index (χ3v) is 2.42. The molecule has 0 fully saturated rings. The molecule has 0 atom stereocenters. The first-order valence-electron chi connectivity index (χ1n) is 6.32. The summed E-state index contributed by atoms with van der Waals surface area (Å²) in [6.07, 6.45) is 1.83. The Hall–Kier alpha value is -1.92. The van der Waals surface area contributed by atoms with E-state index in [9.17, 15) is 9.18 Å². The van der Waals surface area contributed by atoms with Crippen molar-refractivity contribution < 1.29 is 13.9 Å². The molecule has 0 saturated heterocycles. The van der Waals surface area contributed by atoms with Crippen LogP contribution in [-0.4, -0.2) is 53.7 Å². The molecule has 0 aliphatic carbocycles. The summed E-state index contributed by atoms with van der Waals surface area (Å²) in [5, 5.41) is 0. The normalized spacial score (nSPS) is 11.1. The number of amides is 1. The summed E-state index contributed by atoms with van der Waals surface area (Å²) >= 11 is 0. The first-order valence-corrected chi connectivity index (χ1v) is 6.32. The highest BCUT2D eigenvalue weighted by Crippen LogP contribution is 2.09. The van der Waals surface area contributed by atoms with Gasteiger partial charge in [0.05, 0.1) is 12.4 Å². The van der Waals surface area contributed by atoms with Crippen LogP contribution in [0.1, 0.15) is 20.8 Å². The van der Waals surface area contributed by atoms with Crippen LogP contribution in [-0.2, 0) is 4.74 Å². The molecular weight excluding hydrogens is 263 g/mol. The van der Waals surface area contributed by atoms with Gasteiger partial charge in [0, 0.05) is 27.2 Å². The number of halogens is 1. The Morgan fingerprint density at radius 3 is 2.30 bits per heavy atom. The molecule has 112 valence electrons. The van der Waals surface area contributed by atoms with Crippen molar-refractivity contribution in [3.05, 3.63) is 18.2 Å². The van der Waals surface area contributed by atoms with Gasteiger partial charge in [-0.05, 0) is 20.8 Å². The van der Waals surface area contributed by atoms with Gasteiger partial charge in [-0.1, -0.05) is 0 Å². The quantitative estimate of drug-likeness (QED) is 0.845. The molecule has 0 spiro atoms. The molecule has 20 heavy (non-hydrogen) atoms. The number of hydrogen-bond acceptors (Lipinski definition) is 5. The van der Waals surface area contributed by atoms with Crippen molar-refractivity contribution in [1.82, 2.24) is 14.9 Å². The highest BCUT2D eigenvalue weighted by molar-refractivity contribution is 5.67. The van der Waals surface area contributed by atoms with Gasteiger partial charge in [0.2, 0.25) is 5.95 Å². The molecule has 0 unspecified atom stereocenters. The van der Waals surface area contributed by atoms with E-state index in [1.54, 1.807) is 19.0 Å². The first-order chi connectivity index (χ1) is 9.19. The molecule has 6 nitrogen and oxygen atoms in total. The summed E-state index contributed by atoms with van der Waals surface area (Å²) in [6, 6.07) is 0. The second-order valence-corrected chi connectivity index (χ2v) is 5.52. The number of ether oxygens (including phenoxy) is 1. The Balaban J connectivity index is 2.46. The molecule has 1 aromatic rings. The lowest BCUT2D eigenvalue weighted by atomic mass is 10.2. The Bertz CT molecular complexity index is 445. The zero-order chi connectivity index (χ0) is 15.3. The first kappa shape index (κ1) is 16.1. The van der Waals surface area contributed by atoms with Crippen molar-refractivity contribution in [2.75, 3.05) is 32.1 Å². The molecule has 0 aliphatic rings. The predicted molar refractivity (Wildman–Crippen MR) is 74.1 cm³/mol. The molecule has 1 heterocycles. The number of likely N-dealkylation sites (N-methyl/N-ethyl adjacent to an activating group) is 2. The smallest absolute Gasteiger partial charge is 0.410 e. The van der Waals surface area contributed by atoms with Gasteiger partial charge >= 0.3 is 6.09 Å². The van der Waals surface area contributed by atoms with E-state index in [1.165, 1.54) is 4.90 Å². The largest absolute Gasteiger partial charge is 0.444 e. The number of aromatic nitrogens is 2. The Kier molecular flexibility index (Phi) is 5.24. The number of nitrogens with zero attached hydrogens (tertiary/aromatic N) is 4. The van der Waals surface area contributed by atoms with Gasteiger partial charge in [-0.25, -0.2) is 19.2 Å². The fourth-order valence-corrected chi connectivity index (χ4v) is 1.33. The summed E-state index contributed by atoms with van der Waals surface area (Å²) < 4.78 is 18.0. The molecule has 7 heteroatoms. The van der Waals surface area contributed by atoms with E-state index >= 15 is 0 Å². The fourth-order valence-electron chi connectivity index (χ4n) is 1.33. The van der Waals surface area contributed by atoms with E-state index < -0.39 is 11.4 Å².